The van der Waals surface area contributed by atoms with Crippen molar-refractivity contribution in [2.75, 3.05) is 6.61 Å². The lowest BCUT2D eigenvalue weighted by Gasteiger charge is -2.12. The molecule has 0 radical (unpaired) electrons. The van der Waals surface area contributed by atoms with Gasteiger partial charge in [0, 0.05) is 18.5 Å². The molecule has 0 spiro atoms. The molecule has 4 rings (SSSR count). The minimum atomic E-state index is -0.473. The molecule has 2 aromatic heterocycles. The van der Waals surface area contributed by atoms with E-state index >= 15 is 0 Å². The van der Waals surface area contributed by atoms with Crippen LogP contribution in [0.4, 0.5) is 0 Å². The number of Topliss-reactive ketones (excluding diaryl/α,β-unsaturated/α-hetero) is 1. The highest BCUT2D eigenvalue weighted by Gasteiger charge is 2.23. The first-order valence-electron chi connectivity index (χ1n) is 11.0. The molecule has 0 amide bonds. The molecule has 0 atom stereocenters. The highest BCUT2D eigenvalue weighted by molar-refractivity contribution is 5.96. The summed E-state index contributed by atoms with van der Waals surface area (Å²) >= 11 is 0. The predicted molar refractivity (Wildman–Crippen MR) is 126 cm³/mol. The third kappa shape index (κ3) is 4.42. The Morgan fingerprint density at radius 1 is 0.939 bits per heavy atom. The number of aliphatic hydroxyl groups is 1. The second kappa shape index (κ2) is 9.79. The zero-order chi connectivity index (χ0) is 23.4. The lowest BCUT2D eigenvalue weighted by molar-refractivity contribution is 0.0971. The largest absolute Gasteiger partial charge is 0.396 e. The summed E-state index contributed by atoms with van der Waals surface area (Å²) < 4.78 is 4.24. The summed E-state index contributed by atoms with van der Waals surface area (Å²) in [6.07, 6.45) is 0.760. The van der Waals surface area contributed by atoms with E-state index in [1.165, 1.54) is 9.13 Å². The van der Waals surface area contributed by atoms with Crippen molar-refractivity contribution >= 4 is 16.9 Å². The van der Waals surface area contributed by atoms with Crippen LogP contribution in [-0.4, -0.2) is 36.2 Å². The fraction of sp³-hybridized carbons (Fsp3) is 0.280. The Bertz CT molecular complexity index is 1390. The zero-order valence-corrected chi connectivity index (χ0v) is 18.5. The topological polar surface area (TPSA) is 99.1 Å². The minimum absolute atomic E-state index is 0.110. The number of carbonyl (C=O) groups is 1. The number of ketones is 1. The van der Waals surface area contributed by atoms with E-state index in [1.807, 2.05) is 43.3 Å². The van der Waals surface area contributed by atoms with Gasteiger partial charge < -0.3 is 9.67 Å². The molecule has 2 aromatic carbocycles. The van der Waals surface area contributed by atoms with Crippen molar-refractivity contribution in [3.8, 4) is 0 Å². The Kier molecular flexibility index (Phi) is 6.65. The molecule has 0 unspecified atom stereocenters. The van der Waals surface area contributed by atoms with Crippen molar-refractivity contribution in [1.29, 1.82) is 0 Å². The van der Waals surface area contributed by atoms with Crippen molar-refractivity contribution < 1.29 is 9.90 Å². The van der Waals surface area contributed by atoms with Gasteiger partial charge in [0.25, 0.3) is 5.56 Å². The minimum Gasteiger partial charge on any atom is -0.396 e. The van der Waals surface area contributed by atoms with Gasteiger partial charge >= 0.3 is 5.69 Å². The SMILES string of the molecule is CCCn1c(=O)c2c(nc(CCO)n2CC(=O)c2ccccc2)n(Cc2ccccc2)c1=O. The van der Waals surface area contributed by atoms with E-state index in [4.69, 9.17) is 0 Å². The molecular formula is C25H26N4O4. The van der Waals surface area contributed by atoms with E-state index in [0.717, 1.165) is 5.56 Å². The predicted octanol–water partition coefficient (Wildman–Crippen LogP) is 2.24. The molecule has 0 fully saturated rings. The van der Waals surface area contributed by atoms with Crippen LogP contribution in [0.15, 0.2) is 70.3 Å². The molecule has 170 valence electrons. The molecule has 0 bridgehead atoms. The standard InChI is InChI=1S/C25H26N4O4/c1-2-14-27-24(32)22-23(29(25(27)33)16-18-9-5-3-6-10-18)26-21(13-15-30)28(22)17-20(31)19-11-7-4-8-12-19/h3-12,30H,2,13-17H2,1H3. The number of aromatic nitrogens is 4. The van der Waals surface area contributed by atoms with E-state index in [2.05, 4.69) is 4.98 Å². The Morgan fingerprint density at radius 2 is 1.61 bits per heavy atom. The van der Waals surface area contributed by atoms with Crippen molar-refractivity contribution in [3.63, 3.8) is 0 Å². The van der Waals surface area contributed by atoms with Crippen LogP contribution in [0.3, 0.4) is 0 Å². The highest BCUT2D eigenvalue weighted by atomic mass is 16.3. The summed E-state index contributed by atoms with van der Waals surface area (Å²) in [6.45, 7) is 2.08. The summed E-state index contributed by atoms with van der Waals surface area (Å²) in [5.41, 5.74) is 0.922. The van der Waals surface area contributed by atoms with Crippen LogP contribution in [-0.2, 0) is 26.1 Å². The molecule has 0 aliphatic rings. The first-order valence-corrected chi connectivity index (χ1v) is 11.0. The molecule has 1 N–H and O–H groups in total. The molecule has 2 heterocycles. The van der Waals surface area contributed by atoms with Crippen LogP contribution in [0.5, 0.6) is 0 Å². The van der Waals surface area contributed by atoms with Crippen LogP contribution >= 0.6 is 0 Å². The second-order valence-electron chi connectivity index (χ2n) is 7.86. The van der Waals surface area contributed by atoms with Gasteiger partial charge in [-0.25, -0.2) is 9.78 Å². The first kappa shape index (κ1) is 22.4. The highest BCUT2D eigenvalue weighted by Crippen LogP contribution is 2.16. The number of fused-ring (bicyclic) bond motifs is 1. The van der Waals surface area contributed by atoms with Crippen molar-refractivity contribution in [2.24, 2.45) is 0 Å². The van der Waals surface area contributed by atoms with Gasteiger partial charge in [-0.05, 0) is 12.0 Å². The normalized spacial score (nSPS) is 11.2. The lowest BCUT2D eigenvalue weighted by Crippen LogP contribution is -2.41. The van der Waals surface area contributed by atoms with Crippen molar-refractivity contribution in [3.05, 3.63) is 98.5 Å². The molecule has 8 heteroatoms. The fourth-order valence-electron chi connectivity index (χ4n) is 3.99. The van der Waals surface area contributed by atoms with Gasteiger partial charge in [0.05, 0.1) is 19.7 Å². The molecule has 8 nitrogen and oxygen atoms in total. The number of imidazole rings is 1. The average Bonchev–Trinajstić information content (AvgIpc) is 3.18. The van der Waals surface area contributed by atoms with E-state index in [-0.39, 0.29) is 49.6 Å². The van der Waals surface area contributed by atoms with Gasteiger partial charge in [0.15, 0.2) is 16.9 Å². The Morgan fingerprint density at radius 3 is 2.24 bits per heavy atom. The molecule has 0 aliphatic carbocycles. The van der Waals surface area contributed by atoms with Gasteiger partial charge in [-0.2, -0.15) is 0 Å². The van der Waals surface area contributed by atoms with Crippen LogP contribution in [0, 0.1) is 0 Å². The van der Waals surface area contributed by atoms with E-state index in [0.29, 0.717) is 17.8 Å². The average molecular weight is 447 g/mol. The van der Waals surface area contributed by atoms with Gasteiger partial charge in [0.2, 0.25) is 0 Å². The van der Waals surface area contributed by atoms with Gasteiger partial charge in [-0.3, -0.25) is 18.7 Å². The molecule has 33 heavy (non-hydrogen) atoms. The molecule has 0 aliphatic heterocycles. The van der Waals surface area contributed by atoms with Crippen LogP contribution < -0.4 is 11.2 Å². The summed E-state index contributed by atoms with van der Waals surface area (Å²) in [4.78, 5) is 44.3. The van der Waals surface area contributed by atoms with Crippen molar-refractivity contribution in [1.82, 2.24) is 18.7 Å². The van der Waals surface area contributed by atoms with Crippen LogP contribution in [0.1, 0.15) is 35.1 Å². The maximum atomic E-state index is 13.4. The summed E-state index contributed by atoms with van der Waals surface area (Å²) in [7, 11) is 0. The maximum Gasteiger partial charge on any atom is 0.333 e. The number of rotatable bonds is 9. The smallest absolute Gasteiger partial charge is 0.333 e. The van der Waals surface area contributed by atoms with E-state index in [9.17, 15) is 19.5 Å². The van der Waals surface area contributed by atoms with E-state index in [1.54, 1.807) is 28.8 Å². The number of benzene rings is 2. The monoisotopic (exact) mass is 446 g/mol. The quantitative estimate of drug-likeness (QED) is 0.398. The molecule has 0 saturated heterocycles. The molecule has 0 saturated carbocycles. The zero-order valence-electron chi connectivity index (χ0n) is 18.5. The first-order chi connectivity index (χ1) is 16.0. The third-order valence-electron chi connectivity index (χ3n) is 5.56. The summed E-state index contributed by atoms with van der Waals surface area (Å²) in [5, 5.41) is 9.60. The van der Waals surface area contributed by atoms with Crippen molar-refractivity contribution in [2.45, 2.75) is 39.4 Å². The number of hydrogen-bond acceptors (Lipinski definition) is 5. The van der Waals surface area contributed by atoms with Gasteiger partial charge in [-0.1, -0.05) is 67.6 Å². The maximum absolute atomic E-state index is 13.4. The van der Waals surface area contributed by atoms with Crippen LogP contribution in [0.2, 0.25) is 0 Å². The fourth-order valence-corrected chi connectivity index (χ4v) is 3.99. The number of aliphatic hydroxyl groups excluding tert-OH is 1. The molecular weight excluding hydrogens is 420 g/mol. The summed E-state index contributed by atoms with van der Waals surface area (Å²) in [5.74, 6) is 0.209. The summed E-state index contributed by atoms with van der Waals surface area (Å²) in [6, 6.07) is 18.3. The third-order valence-corrected chi connectivity index (χ3v) is 5.56. The number of nitrogens with zero attached hydrogens (tertiary/aromatic N) is 4. The van der Waals surface area contributed by atoms with Crippen LogP contribution in [0.25, 0.3) is 11.2 Å². The van der Waals surface area contributed by atoms with Gasteiger partial charge in [-0.15, -0.1) is 0 Å². The number of carbonyl (C=O) groups excluding carboxylic acids is 1. The second-order valence-corrected chi connectivity index (χ2v) is 7.86. The van der Waals surface area contributed by atoms with Gasteiger partial charge in [0.1, 0.15) is 5.82 Å². The Hall–Kier alpha value is -3.78. The Labute approximate surface area is 190 Å². The lowest BCUT2D eigenvalue weighted by atomic mass is 10.1. The number of hydrogen-bond donors (Lipinski definition) is 1. The molecule has 4 aromatic rings. The Balaban J connectivity index is 1.95. The van der Waals surface area contributed by atoms with E-state index < -0.39 is 11.2 Å².